The lowest BCUT2D eigenvalue weighted by molar-refractivity contribution is -0.146. The van der Waals surface area contributed by atoms with E-state index in [0.29, 0.717) is 5.56 Å². The molecule has 11 amide bonds. The molecule has 0 saturated carbocycles. The number of carboxylic acid groups (broad SMARTS) is 1. The van der Waals surface area contributed by atoms with Crippen molar-refractivity contribution in [3.8, 4) is 5.75 Å². The number of rotatable bonds is 32. The number of nitrogens with zero attached hydrogens (tertiary/aromatic N) is 2. The standard InChI is InChI=1S/C48H72N14O16/c1-22(2)16-30(44(73)61-39(24(4)64)48(77)78)59-46(75)34-6-5-15-62(34)47(76)38(23(3)63)60-45(74)33(19-37(52)68)58-42(71)31(17-25-7-9-27(65)10-8-25)56-43(72)32(18-26-20-53-21-54-26)57-41(70)29(12-14-36(51)67)55-40(69)28(49)11-13-35(50)66/h7-10,20-24,28-34,38-39,63-65H,5-6,11-19,49H2,1-4H3,(H2,50,66)(H2,51,67)(H2,52,68)(H,53,54)(H,55,69)(H,56,72)(H,57,70)(H,58,71)(H,59,75)(H,60,74)(H,61,73)(H,77,78)/t23-,24-,28+,29+,30+,31+,32+,33+,34+,38+,39+/m1/s1. The number of carboxylic acids is 1. The highest BCUT2D eigenvalue weighted by atomic mass is 16.4. The summed E-state index contributed by atoms with van der Waals surface area (Å²) in [6.07, 6.45) is -3.15. The van der Waals surface area contributed by atoms with Crippen LogP contribution in [0.2, 0.25) is 0 Å². The number of aliphatic hydroxyl groups is 2. The fourth-order valence-corrected chi connectivity index (χ4v) is 8.13. The Bertz CT molecular complexity index is 2460. The van der Waals surface area contributed by atoms with E-state index in [1.165, 1.54) is 36.8 Å². The second kappa shape index (κ2) is 30.5. The molecule has 0 bridgehead atoms. The SMILES string of the molecule is CC(C)C[C@H](NC(=O)[C@@H]1CCCN1C(=O)[C@@H](NC(=O)[C@H](CC(N)=O)NC(=O)[C@H](Cc1ccc(O)cc1)NC(=O)[C@H](Cc1cnc[nH]1)NC(=O)[C@H](CCC(N)=O)NC(=O)[C@@H](N)CCC(N)=O)[C@@H](C)O)C(=O)N[C@H](C(=O)O)[C@@H](C)O. The van der Waals surface area contributed by atoms with Gasteiger partial charge >= 0.3 is 5.97 Å². The first-order valence-corrected chi connectivity index (χ1v) is 25.0. The molecule has 2 heterocycles. The van der Waals surface area contributed by atoms with Crippen molar-refractivity contribution in [2.24, 2.45) is 28.9 Å². The van der Waals surface area contributed by atoms with Crippen LogP contribution in [0, 0.1) is 5.92 Å². The Kier molecular flexibility index (Phi) is 25.0. The molecule has 0 aliphatic carbocycles. The van der Waals surface area contributed by atoms with Crippen molar-refractivity contribution in [2.75, 3.05) is 6.54 Å². The van der Waals surface area contributed by atoms with Crippen molar-refractivity contribution in [3.63, 3.8) is 0 Å². The number of aliphatic hydroxyl groups excluding tert-OH is 2. The smallest absolute Gasteiger partial charge is 0.328 e. The van der Waals surface area contributed by atoms with Crippen LogP contribution in [0.1, 0.15) is 90.3 Å². The van der Waals surface area contributed by atoms with Crippen molar-refractivity contribution in [1.29, 1.82) is 0 Å². The molecule has 1 saturated heterocycles. The first-order chi connectivity index (χ1) is 36.6. The summed E-state index contributed by atoms with van der Waals surface area (Å²) in [5.41, 5.74) is 22.5. The number of carbonyl (C=O) groups is 12. The molecule has 78 heavy (non-hydrogen) atoms. The number of benzene rings is 1. The number of aromatic nitrogens is 2. The van der Waals surface area contributed by atoms with Gasteiger partial charge in [0.25, 0.3) is 0 Å². The van der Waals surface area contributed by atoms with E-state index in [1.807, 2.05) is 0 Å². The Morgan fingerprint density at radius 3 is 1.69 bits per heavy atom. The second-order valence-electron chi connectivity index (χ2n) is 19.4. The van der Waals surface area contributed by atoms with Gasteiger partial charge in [0, 0.05) is 44.1 Å². The maximum absolute atomic E-state index is 14.4. The number of aliphatic carboxylic acids is 1. The first-order valence-electron chi connectivity index (χ1n) is 25.0. The quantitative estimate of drug-likeness (QED) is 0.0324. The highest BCUT2D eigenvalue weighted by Crippen LogP contribution is 2.21. The molecule has 20 N–H and O–H groups in total. The first kappa shape index (κ1) is 64.0. The summed E-state index contributed by atoms with van der Waals surface area (Å²) in [7, 11) is 0. The van der Waals surface area contributed by atoms with Gasteiger partial charge in [0.05, 0.1) is 31.0 Å². The van der Waals surface area contributed by atoms with Crippen molar-refractivity contribution >= 4 is 70.9 Å². The molecule has 1 aromatic heterocycles. The second-order valence-corrected chi connectivity index (χ2v) is 19.4. The average molecular weight is 1100 g/mol. The largest absolute Gasteiger partial charge is 0.508 e. The van der Waals surface area contributed by atoms with Crippen molar-refractivity contribution in [3.05, 3.63) is 48.0 Å². The molecule has 0 spiro atoms. The van der Waals surface area contributed by atoms with Crippen LogP contribution in [0.5, 0.6) is 5.75 Å². The van der Waals surface area contributed by atoms with Gasteiger partial charge in [-0.1, -0.05) is 26.0 Å². The molecule has 11 atom stereocenters. The normalized spacial score (nSPS) is 17.0. The fraction of sp³-hybridized carbons (Fsp3) is 0.562. The molecular weight excluding hydrogens is 1030 g/mol. The number of H-pyrrole nitrogens is 1. The Balaban J connectivity index is 1.93. The number of primary amides is 3. The molecule has 2 aromatic rings. The molecule has 0 unspecified atom stereocenters. The number of amides is 11. The van der Waals surface area contributed by atoms with E-state index in [-0.39, 0.29) is 75.3 Å². The minimum absolute atomic E-state index is 0.0190. The van der Waals surface area contributed by atoms with Gasteiger partial charge < -0.3 is 90.5 Å². The number of nitrogens with two attached hydrogens (primary N) is 4. The highest BCUT2D eigenvalue weighted by molar-refractivity contribution is 5.99. The van der Waals surface area contributed by atoms with Gasteiger partial charge in [-0.25, -0.2) is 9.78 Å². The fourth-order valence-electron chi connectivity index (χ4n) is 8.13. The molecule has 1 fully saturated rings. The van der Waals surface area contributed by atoms with Gasteiger partial charge in [-0.2, -0.15) is 0 Å². The number of aromatic hydroxyl groups is 1. The topological polar surface area (TPSA) is 506 Å². The number of hydrogen-bond acceptors (Lipinski definition) is 17. The van der Waals surface area contributed by atoms with E-state index in [4.69, 9.17) is 22.9 Å². The number of nitrogens with one attached hydrogen (secondary N) is 8. The molecule has 1 aliphatic rings. The number of phenolic OH excluding ortho intramolecular Hbond substituents is 1. The van der Waals surface area contributed by atoms with Gasteiger partial charge in [0.2, 0.25) is 65.0 Å². The number of imidazole rings is 1. The van der Waals surface area contributed by atoms with Crippen LogP contribution < -0.4 is 60.2 Å². The monoisotopic (exact) mass is 1100 g/mol. The third kappa shape index (κ3) is 20.7. The van der Waals surface area contributed by atoms with Crippen LogP contribution in [-0.4, -0.2) is 179 Å². The zero-order valence-corrected chi connectivity index (χ0v) is 43.6. The van der Waals surface area contributed by atoms with E-state index >= 15 is 0 Å². The lowest BCUT2D eigenvalue weighted by Gasteiger charge is -2.32. The van der Waals surface area contributed by atoms with Crippen molar-refractivity contribution < 1.29 is 78.0 Å². The summed E-state index contributed by atoms with van der Waals surface area (Å²) in [4.78, 5) is 166. The number of likely N-dealkylation sites (tertiary alicyclic amines) is 1. The molecule has 0 radical (unpaired) electrons. The van der Waals surface area contributed by atoms with Gasteiger partial charge in [0.15, 0.2) is 6.04 Å². The predicted molar refractivity (Wildman–Crippen MR) is 271 cm³/mol. The molecule has 1 aromatic carbocycles. The average Bonchev–Trinajstić information content (AvgIpc) is 4.07. The van der Waals surface area contributed by atoms with Crippen LogP contribution in [0.3, 0.4) is 0 Å². The molecule has 430 valence electrons. The van der Waals surface area contributed by atoms with Crippen LogP contribution in [0.15, 0.2) is 36.8 Å². The predicted octanol–water partition coefficient (Wildman–Crippen LogP) is -6.09. The minimum Gasteiger partial charge on any atom is -0.508 e. The lowest BCUT2D eigenvalue weighted by Crippen LogP contribution is -2.62. The van der Waals surface area contributed by atoms with E-state index in [1.54, 1.807) is 13.8 Å². The Morgan fingerprint density at radius 1 is 0.654 bits per heavy atom. The molecule has 3 rings (SSSR count). The minimum atomic E-state index is -1.91. The maximum Gasteiger partial charge on any atom is 0.328 e. The van der Waals surface area contributed by atoms with Gasteiger partial charge in [-0.15, -0.1) is 0 Å². The Hall–Kier alpha value is -8.25. The van der Waals surface area contributed by atoms with Crippen LogP contribution >= 0.6 is 0 Å². The van der Waals surface area contributed by atoms with E-state index in [0.717, 1.165) is 18.7 Å². The van der Waals surface area contributed by atoms with Gasteiger partial charge in [-0.3, -0.25) is 52.7 Å². The molecule has 30 nitrogen and oxygen atoms in total. The summed E-state index contributed by atoms with van der Waals surface area (Å²) < 4.78 is 0. The van der Waals surface area contributed by atoms with Gasteiger partial charge in [-0.05, 0) is 69.6 Å². The summed E-state index contributed by atoms with van der Waals surface area (Å²) >= 11 is 0. The third-order valence-corrected chi connectivity index (χ3v) is 12.3. The lowest BCUT2D eigenvalue weighted by atomic mass is 10.0. The van der Waals surface area contributed by atoms with Crippen LogP contribution in [0.25, 0.3) is 0 Å². The van der Waals surface area contributed by atoms with Crippen molar-refractivity contribution in [1.82, 2.24) is 52.1 Å². The highest BCUT2D eigenvalue weighted by Gasteiger charge is 2.42. The van der Waals surface area contributed by atoms with E-state index in [9.17, 15) is 78.0 Å². The summed E-state index contributed by atoms with van der Waals surface area (Å²) in [5.74, 6) is -12.7. The molecule has 30 heteroatoms. The number of aromatic amines is 1. The Labute approximate surface area is 447 Å². The van der Waals surface area contributed by atoms with Crippen LogP contribution in [-0.2, 0) is 70.4 Å². The van der Waals surface area contributed by atoms with E-state index < -0.39 is 150 Å². The van der Waals surface area contributed by atoms with E-state index in [2.05, 4.69) is 47.2 Å². The third-order valence-electron chi connectivity index (χ3n) is 12.3. The summed E-state index contributed by atoms with van der Waals surface area (Å²) in [6.45, 7) is 5.68. The number of hydrogen-bond donors (Lipinski definition) is 16. The molecule has 1 aliphatic heterocycles. The maximum atomic E-state index is 14.4. The number of phenols is 1. The zero-order chi connectivity index (χ0) is 58.6. The Morgan fingerprint density at radius 2 is 1.17 bits per heavy atom. The number of carbonyl (C=O) groups excluding carboxylic acids is 11. The van der Waals surface area contributed by atoms with Crippen molar-refractivity contribution in [2.45, 2.75) is 158 Å². The zero-order valence-electron chi connectivity index (χ0n) is 43.6. The molecular formula is C48H72N14O16. The van der Waals surface area contributed by atoms with Crippen LogP contribution in [0.4, 0.5) is 0 Å². The summed E-state index contributed by atoms with van der Waals surface area (Å²) in [5, 5.41) is 57.1. The summed E-state index contributed by atoms with van der Waals surface area (Å²) in [6, 6.07) is -8.82. The van der Waals surface area contributed by atoms with Gasteiger partial charge in [0.1, 0.15) is 48.0 Å².